The Morgan fingerprint density at radius 3 is 2.19 bits per heavy atom. The molecule has 0 unspecified atom stereocenters. The van der Waals surface area contributed by atoms with Crippen LogP contribution in [0.1, 0.15) is 25.8 Å². The van der Waals surface area contributed by atoms with Gasteiger partial charge in [0.05, 0.1) is 25.0 Å². The quantitative estimate of drug-likeness (QED) is 0.557. The van der Waals surface area contributed by atoms with Crippen molar-refractivity contribution >= 4 is 11.8 Å². The number of fused-ring (bicyclic) bond motifs is 5. The predicted molar refractivity (Wildman–Crippen MR) is 96.9 cm³/mol. The van der Waals surface area contributed by atoms with E-state index in [0.717, 1.165) is 17.7 Å². The van der Waals surface area contributed by atoms with Crippen LogP contribution in [0.4, 0.5) is 0 Å². The summed E-state index contributed by atoms with van der Waals surface area (Å²) < 4.78 is 11.2. The number of carbonyl (C=O) groups excluding carboxylic acids is 2. The van der Waals surface area contributed by atoms with Crippen LogP contribution in [-0.4, -0.2) is 36.5 Å². The van der Waals surface area contributed by atoms with E-state index in [0.29, 0.717) is 31.9 Å². The number of ether oxygens (including phenoxy) is 2. The van der Waals surface area contributed by atoms with E-state index in [1.54, 1.807) is 0 Å². The fourth-order valence-electron chi connectivity index (χ4n) is 4.68. The number of hydrogen-bond acceptors (Lipinski definition) is 4. The van der Waals surface area contributed by atoms with Crippen LogP contribution in [0.15, 0.2) is 30.4 Å². The maximum atomic E-state index is 12.7. The molecule has 2 amide bonds. The summed E-state index contributed by atoms with van der Waals surface area (Å²) in [7, 11) is 0. The zero-order chi connectivity index (χ0) is 18.3. The van der Waals surface area contributed by atoms with Gasteiger partial charge < -0.3 is 9.47 Å². The molecule has 3 aliphatic rings. The van der Waals surface area contributed by atoms with Gasteiger partial charge in [-0.25, -0.2) is 0 Å². The molecule has 138 valence electrons. The van der Waals surface area contributed by atoms with Gasteiger partial charge in [0.2, 0.25) is 11.8 Å². The summed E-state index contributed by atoms with van der Waals surface area (Å²) in [5, 5.41) is 0. The third kappa shape index (κ3) is 2.70. The number of allylic oxidation sites excluding steroid dienone is 2. The minimum Gasteiger partial charge on any atom is -0.490 e. The van der Waals surface area contributed by atoms with Gasteiger partial charge in [-0.1, -0.05) is 18.2 Å². The highest BCUT2D eigenvalue weighted by Gasteiger charge is 2.58. The second-order valence-electron chi connectivity index (χ2n) is 7.23. The lowest BCUT2D eigenvalue weighted by atomic mass is 9.85. The van der Waals surface area contributed by atoms with E-state index < -0.39 is 0 Å². The molecule has 1 aromatic carbocycles. The Balaban J connectivity index is 1.45. The van der Waals surface area contributed by atoms with Crippen molar-refractivity contribution < 1.29 is 19.1 Å². The average Bonchev–Trinajstić information content (AvgIpc) is 3.30. The third-order valence-corrected chi connectivity index (χ3v) is 5.79. The molecule has 2 fully saturated rings. The molecule has 5 heteroatoms. The van der Waals surface area contributed by atoms with E-state index >= 15 is 0 Å². The molecule has 0 radical (unpaired) electrons. The monoisotopic (exact) mass is 355 g/mol. The van der Waals surface area contributed by atoms with Crippen molar-refractivity contribution in [3.8, 4) is 11.5 Å². The van der Waals surface area contributed by atoms with Crippen LogP contribution in [0.5, 0.6) is 11.5 Å². The maximum absolute atomic E-state index is 12.7. The Bertz CT molecular complexity index is 726. The van der Waals surface area contributed by atoms with Crippen molar-refractivity contribution in [2.75, 3.05) is 19.8 Å². The first-order valence-electron chi connectivity index (χ1n) is 9.56. The molecule has 2 aliphatic carbocycles. The Labute approximate surface area is 154 Å². The first kappa shape index (κ1) is 17.1. The molecular formula is C21H25NO4. The molecule has 26 heavy (non-hydrogen) atoms. The molecule has 1 heterocycles. The van der Waals surface area contributed by atoms with Crippen molar-refractivity contribution in [3.05, 3.63) is 35.9 Å². The molecule has 1 aromatic rings. The molecule has 4 atom stereocenters. The van der Waals surface area contributed by atoms with Gasteiger partial charge in [-0.15, -0.1) is 0 Å². The van der Waals surface area contributed by atoms with Gasteiger partial charge in [0, 0.05) is 6.54 Å². The smallest absolute Gasteiger partial charge is 0.233 e. The fourth-order valence-corrected chi connectivity index (χ4v) is 4.68. The Morgan fingerprint density at radius 1 is 0.962 bits per heavy atom. The van der Waals surface area contributed by atoms with Gasteiger partial charge in [-0.05, 0) is 56.2 Å². The van der Waals surface area contributed by atoms with Crippen molar-refractivity contribution in [3.63, 3.8) is 0 Å². The van der Waals surface area contributed by atoms with Gasteiger partial charge in [-0.2, -0.15) is 0 Å². The number of hydrogen-bond donors (Lipinski definition) is 0. The number of nitrogens with zero attached hydrogens (tertiary/aromatic N) is 1. The molecule has 0 spiro atoms. The highest BCUT2D eigenvalue weighted by Crippen LogP contribution is 2.52. The van der Waals surface area contributed by atoms with E-state index in [1.807, 2.05) is 32.0 Å². The SMILES string of the molecule is CCOc1ccc(CCN2C(=O)[C@@H]3[C@H](C2=O)[C@@H]2C=C[C@@H]3C2)cc1OCC. The summed E-state index contributed by atoms with van der Waals surface area (Å²) in [5.74, 6) is 1.78. The summed E-state index contributed by atoms with van der Waals surface area (Å²) in [6.45, 7) is 5.45. The standard InChI is InChI=1S/C21H25NO4/c1-3-25-16-8-5-13(11-17(16)26-4-2)9-10-22-20(23)18-14-6-7-15(12-14)19(18)21(22)24/h5-8,11,14-15,18-19H,3-4,9-10,12H2,1-2H3/t14-,15-,18-,19+/m1/s1. The fraction of sp³-hybridized carbons (Fsp3) is 0.524. The molecule has 5 nitrogen and oxygen atoms in total. The number of amides is 2. The number of rotatable bonds is 7. The van der Waals surface area contributed by atoms with Crippen LogP contribution in [0.3, 0.4) is 0 Å². The van der Waals surface area contributed by atoms with Gasteiger partial charge in [0.15, 0.2) is 11.5 Å². The molecule has 2 bridgehead atoms. The minimum absolute atomic E-state index is 0.0211. The van der Waals surface area contributed by atoms with Gasteiger partial charge in [0.1, 0.15) is 0 Å². The van der Waals surface area contributed by atoms with Crippen molar-refractivity contribution in [2.24, 2.45) is 23.7 Å². The summed E-state index contributed by atoms with van der Waals surface area (Å²) in [6, 6.07) is 5.83. The normalized spacial score (nSPS) is 28.8. The van der Waals surface area contributed by atoms with E-state index in [9.17, 15) is 9.59 Å². The Kier molecular flexibility index (Phi) is 4.47. The van der Waals surface area contributed by atoms with Crippen LogP contribution in [-0.2, 0) is 16.0 Å². The van der Waals surface area contributed by atoms with Crippen molar-refractivity contribution in [1.82, 2.24) is 4.90 Å². The van der Waals surface area contributed by atoms with Crippen molar-refractivity contribution in [2.45, 2.75) is 26.7 Å². The number of likely N-dealkylation sites (tertiary alicyclic amines) is 1. The molecule has 0 N–H and O–H groups in total. The minimum atomic E-state index is -0.114. The summed E-state index contributed by atoms with van der Waals surface area (Å²) in [4.78, 5) is 27.0. The number of carbonyl (C=O) groups is 2. The van der Waals surface area contributed by atoms with Crippen LogP contribution in [0.2, 0.25) is 0 Å². The third-order valence-electron chi connectivity index (χ3n) is 5.79. The maximum Gasteiger partial charge on any atom is 0.233 e. The van der Waals surface area contributed by atoms with Crippen LogP contribution < -0.4 is 9.47 Å². The molecule has 1 aliphatic heterocycles. The zero-order valence-corrected chi connectivity index (χ0v) is 15.3. The van der Waals surface area contributed by atoms with Gasteiger partial charge in [0.25, 0.3) is 0 Å². The van der Waals surface area contributed by atoms with Crippen LogP contribution in [0.25, 0.3) is 0 Å². The second kappa shape index (κ2) is 6.78. The first-order valence-corrected chi connectivity index (χ1v) is 9.56. The highest BCUT2D eigenvalue weighted by molar-refractivity contribution is 6.06. The average molecular weight is 355 g/mol. The predicted octanol–water partition coefficient (Wildman–Crippen LogP) is 2.83. The molecule has 0 aromatic heterocycles. The van der Waals surface area contributed by atoms with E-state index in [2.05, 4.69) is 12.2 Å². The highest BCUT2D eigenvalue weighted by atomic mass is 16.5. The van der Waals surface area contributed by atoms with Crippen LogP contribution in [0, 0.1) is 23.7 Å². The van der Waals surface area contributed by atoms with E-state index in [1.165, 1.54) is 4.90 Å². The van der Waals surface area contributed by atoms with Gasteiger partial charge in [-0.3, -0.25) is 14.5 Å². The van der Waals surface area contributed by atoms with Crippen molar-refractivity contribution in [1.29, 1.82) is 0 Å². The lowest BCUT2D eigenvalue weighted by molar-refractivity contribution is -0.140. The summed E-state index contributed by atoms with van der Waals surface area (Å²) >= 11 is 0. The zero-order valence-electron chi connectivity index (χ0n) is 15.3. The summed E-state index contributed by atoms with van der Waals surface area (Å²) in [6.07, 6.45) is 5.85. The van der Waals surface area contributed by atoms with Gasteiger partial charge >= 0.3 is 0 Å². The Hall–Kier alpha value is -2.30. The first-order chi connectivity index (χ1) is 12.6. The topological polar surface area (TPSA) is 55.8 Å². The molecule has 1 saturated carbocycles. The largest absolute Gasteiger partial charge is 0.490 e. The Morgan fingerprint density at radius 2 is 1.58 bits per heavy atom. The summed E-state index contributed by atoms with van der Waals surface area (Å²) in [5.41, 5.74) is 1.04. The van der Waals surface area contributed by atoms with E-state index in [-0.39, 0.29) is 35.5 Å². The number of benzene rings is 1. The second-order valence-corrected chi connectivity index (χ2v) is 7.23. The van der Waals surface area contributed by atoms with Crippen LogP contribution >= 0.6 is 0 Å². The lowest BCUT2D eigenvalue weighted by Gasteiger charge is -2.18. The molecular weight excluding hydrogens is 330 g/mol. The molecule has 4 rings (SSSR count). The molecule has 1 saturated heterocycles. The lowest BCUT2D eigenvalue weighted by Crippen LogP contribution is -2.34. The number of imide groups is 1. The van der Waals surface area contributed by atoms with E-state index in [4.69, 9.17) is 9.47 Å².